The molecule has 1 fully saturated rings. The summed E-state index contributed by atoms with van der Waals surface area (Å²) in [6.45, 7) is 4.56. The van der Waals surface area contributed by atoms with Gasteiger partial charge in [-0.3, -0.25) is 9.78 Å². The van der Waals surface area contributed by atoms with Crippen LogP contribution in [0.25, 0.3) is 27.8 Å². The molecular weight excluding hydrogens is 426 g/mol. The van der Waals surface area contributed by atoms with Gasteiger partial charge in [-0.05, 0) is 37.3 Å². The Labute approximate surface area is 196 Å². The van der Waals surface area contributed by atoms with Gasteiger partial charge in [-0.1, -0.05) is 30.3 Å². The van der Waals surface area contributed by atoms with E-state index in [0.717, 1.165) is 33.4 Å². The van der Waals surface area contributed by atoms with E-state index in [0.29, 0.717) is 37.6 Å². The predicted octanol–water partition coefficient (Wildman–Crippen LogP) is 3.63. The number of carbonyl (C=O) groups is 1. The molecular formula is C26H23N7O. The number of benzene rings is 2. The average molecular weight is 450 g/mol. The Balaban J connectivity index is 1.18. The smallest absolute Gasteiger partial charge is 0.257 e. The second kappa shape index (κ2) is 8.22. The number of amides is 1. The Morgan fingerprint density at radius 3 is 2.29 bits per heavy atom. The van der Waals surface area contributed by atoms with Gasteiger partial charge in [0.05, 0.1) is 40.2 Å². The SMILES string of the molecule is Cc1c(C(=O)N2CCN(c3cnc4ccccc4n3)CC2)cnn1-c1ccc2ccccc2n1. The van der Waals surface area contributed by atoms with E-state index >= 15 is 0 Å². The minimum Gasteiger partial charge on any atom is -0.352 e. The number of hydrogen-bond acceptors (Lipinski definition) is 6. The van der Waals surface area contributed by atoms with Gasteiger partial charge >= 0.3 is 0 Å². The van der Waals surface area contributed by atoms with E-state index in [2.05, 4.69) is 15.0 Å². The first-order chi connectivity index (χ1) is 16.7. The molecule has 0 bridgehead atoms. The topological polar surface area (TPSA) is 80.0 Å². The Morgan fingerprint density at radius 2 is 1.47 bits per heavy atom. The number of carbonyl (C=O) groups excluding carboxylic acids is 1. The summed E-state index contributed by atoms with van der Waals surface area (Å²) in [6, 6.07) is 19.8. The van der Waals surface area contributed by atoms with Gasteiger partial charge in [-0.2, -0.15) is 5.10 Å². The summed E-state index contributed by atoms with van der Waals surface area (Å²) in [7, 11) is 0. The monoisotopic (exact) mass is 449 g/mol. The van der Waals surface area contributed by atoms with Crippen molar-refractivity contribution in [2.24, 2.45) is 0 Å². The average Bonchev–Trinajstić information content (AvgIpc) is 3.29. The minimum absolute atomic E-state index is 0.00575. The van der Waals surface area contributed by atoms with Crippen LogP contribution in [0.15, 0.2) is 73.1 Å². The molecule has 0 saturated carbocycles. The number of pyridine rings is 1. The summed E-state index contributed by atoms with van der Waals surface area (Å²) in [5, 5.41) is 5.55. The third-order valence-corrected chi connectivity index (χ3v) is 6.37. The van der Waals surface area contributed by atoms with Gasteiger partial charge in [0.15, 0.2) is 5.82 Å². The highest BCUT2D eigenvalue weighted by Crippen LogP contribution is 2.21. The van der Waals surface area contributed by atoms with Crippen molar-refractivity contribution in [3.8, 4) is 5.82 Å². The largest absolute Gasteiger partial charge is 0.352 e. The van der Waals surface area contributed by atoms with Gasteiger partial charge in [0.25, 0.3) is 5.91 Å². The van der Waals surface area contributed by atoms with Crippen molar-refractivity contribution in [1.29, 1.82) is 0 Å². The van der Waals surface area contributed by atoms with Crippen molar-refractivity contribution < 1.29 is 4.79 Å². The molecule has 4 heterocycles. The van der Waals surface area contributed by atoms with Crippen molar-refractivity contribution >= 4 is 33.7 Å². The maximum atomic E-state index is 13.3. The highest BCUT2D eigenvalue weighted by molar-refractivity contribution is 5.95. The first kappa shape index (κ1) is 20.3. The minimum atomic E-state index is -0.00575. The molecule has 0 radical (unpaired) electrons. The number of hydrogen-bond donors (Lipinski definition) is 0. The second-order valence-electron chi connectivity index (χ2n) is 8.41. The number of para-hydroxylation sites is 3. The molecule has 1 saturated heterocycles. The van der Waals surface area contributed by atoms with Crippen LogP contribution < -0.4 is 4.90 Å². The number of anilines is 1. The maximum Gasteiger partial charge on any atom is 0.257 e. The van der Waals surface area contributed by atoms with Crippen molar-refractivity contribution in [2.45, 2.75) is 6.92 Å². The summed E-state index contributed by atoms with van der Waals surface area (Å²) in [6.07, 6.45) is 3.46. The van der Waals surface area contributed by atoms with Gasteiger partial charge in [0, 0.05) is 31.6 Å². The van der Waals surface area contributed by atoms with Gasteiger partial charge in [0.1, 0.15) is 5.82 Å². The van der Waals surface area contributed by atoms with Crippen LogP contribution in [0.3, 0.4) is 0 Å². The normalized spacial score (nSPS) is 14.1. The molecule has 168 valence electrons. The molecule has 0 aliphatic carbocycles. The van der Waals surface area contributed by atoms with Crippen LogP contribution in [-0.4, -0.2) is 61.7 Å². The third kappa shape index (κ3) is 3.53. The van der Waals surface area contributed by atoms with Crippen LogP contribution in [0.2, 0.25) is 0 Å². The molecule has 0 N–H and O–H groups in total. The first-order valence-electron chi connectivity index (χ1n) is 11.3. The summed E-state index contributed by atoms with van der Waals surface area (Å²) in [4.78, 5) is 31.3. The Morgan fingerprint density at radius 1 is 0.765 bits per heavy atom. The van der Waals surface area contributed by atoms with Gasteiger partial charge in [0.2, 0.25) is 0 Å². The van der Waals surface area contributed by atoms with Gasteiger partial charge < -0.3 is 9.80 Å². The second-order valence-corrected chi connectivity index (χ2v) is 8.41. The Hall–Kier alpha value is -4.33. The molecule has 3 aromatic heterocycles. The molecule has 6 rings (SSSR count). The molecule has 1 aliphatic heterocycles. The molecule has 0 spiro atoms. The molecule has 8 nitrogen and oxygen atoms in total. The van der Waals surface area contributed by atoms with Crippen LogP contribution >= 0.6 is 0 Å². The van der Waals surface area contributed by atoms with E-state index in [9.17, 15) is 4.79 Å². The quantitative estimate of drug-likeness (QED) is 0.418. The lowest BCUT2D eigenvalue weighted by Gasteiger charge is -2.35. The van der Waals surface area contributed by atoms with Gasteiger partial charge in [-0.15, -0.1) is 0 Å². The fourth-order valence-electron chi connectivity index (χ4n) is 4.43. The summed E-state index contributed by atoms with van der Waals surface area (Å²) in [5.74, 6) is 1.54. The third-order valence-electron chi connectivity index (χ3n) is 6.37. The molecule has 1 amide bonds. The van der Waals surface area contributed by atoms with Gasteiger partial charge in [-0.25, -0.2) is 14.6 Å². The lowest BCUT2D eigenvalue weighted by Crippen LogP contribution is -2.49. The first-order valence-corrected chi connectivity index (χ1v) is 11.3. The molecule has 0 unspecified atom stereocenters. The Kier molecular flexibility index (Phi) is 4.91. The fourth-order valence-corrected chi connectivity index (χ4v) is 4.43. The molecule has 0 atom stereocenters. The van der Waals surface area contributed by atoms with E-state index in [1.54, 1.807) is 10.9 Å². The van der Waals surface area contributed by atoms with E-state index in [1.165, 1.54) is 0 Å². The van der Waals surface area contributed by atoms with Crippen LogP contribution in [0.4, 0.5) is 5.82 Å². The lowest BCUT2D eigenvalue weighted by atomic mass is 10.2. The van der Waals surface area contributed by atoms with E-state index in [-0.39, 0.29) is 5.91 Å². The Bertz CT molecular complexity index is 1520. The number of piperazine rings is 1. The van der Waals surface area contributed by atoms with Crippen LogP contribution in [0.1, 0.15) is 16.1 Å². The number of fused-ring (bicyclic) bond motifs is 2. The summed E-state index contributed by atoms with van der Waals surface area (Å²) < 4.78 is 1.74. The van der Waals surface area contributed by atoms with E-state index < -0.39 is 0 Å². The molecule has 8 heteroatoms. The molecule has 2 aromatic carbocycles. The molecule has 34 heavy (non-hydrogen) atoms. The standard InChI is InChI=1S/C26H23N7O/c1-18-20(16-28-33(18)24-11-10-19-6-2-3-7-21(19)29-24)26(34)32-14-12-31(13-15-32)25-17-27-22-8-4-5-9-23(22)30-25/h2-11,16-17H,12-15H2,1H3. The van der Waals surface area contributed by atoms with Crippen molar-refractivity contribution in [2.75, 3.05) is 31.1 Å². The summed E-state index contributed by atoms with van der Waals surface area (Å²) in [5.41, 5.74) is 4.05. The number of aromatic nitrogens is 5. The van der Waals surface area contributed by atoms with Crippen LogP contribution in [0.5, 0.6) is 0 Å². The van der Waals surface area contributed by atoms with E-state index in [1.807, 2.05) is 78.7 Å². The highest BCUT2D eigenvalue weighted by atomic mass is 16.2. The maximum absolute atomic E-state index is 13.3. The number of nitrogens with zero attached hydrogens (tertiary/aromatic N) is 7. The zero-order valence-corrected chi connectivity index (χ0v) is 18.8. The van der Waals surface area contributed by atoms with E-state index in [4.69, 9.17) is 9.97 Å². The molecule has 1 aliphatic rings. The molecule has 5 aromatic rings. The van der Waals surface area contributed by atoms with Crippen molar-refractivity contribution in [3.05, 3.63) is 84.3 Å². The zero-order valence-electron chi connectivity index (χ0n) is 18.8. The highest BCUT2D eigenvalue weighted by Gasteiger charge is 2.26. The summed E-state index contributed by atoms with van der Waals surface area (Å²) >= 11 is 0. The van der Waals surface area contributed by atoms with Crippen molar-refractivity contribution in [3.63, 3.8) is 0 Å². The number of rotatable bonds is 3. The van der Waals surface area contributed by atoms with Crippen LogP contribution in [0, 0.1) is 6.92 Å². The van der Waals surface area contributed by atoms with Crippen molar-refractivity contribution in [1.82, 2.24) is 29.6 Å². The predicted molar refractivity (Wildman–Crippen MR) is 131 cm³/mol. The zero-order chi connectivity index (χ0) is 23.1. The fraction of sp³-hybridized carbons (Fsp3) is 0.192. The lowest BCUT2D eigenvalue weighted by molar-refractivity contribution is 0.0745. The van der Waals surface area contributed by atoms with Crippen LogP contribution in [-0.2, 0) is 0 Å².